The van der Waals surface area contributed by atoms with Gasteiger partial charge in [-0.1, -0.05) is 65.5 Å². The first-order chi connectivity index (χ1) is 19.7. The van der Waals surface area contributed by atoms with Crippen molar-refractivity contribution in [3.05, 3.63) is 11.6 Å². The first-order valence-corrected chi connectivity index (χ1v) is 18.8. The van der Waals surface area contributed by atoms with E-state index in [0.29, 0.717) is 16.9 Å². The molecular weight excluding hydrogens is 522 g/mol. The summed E-state index contributed by atoms with van der Waals surface area (Å²) in [4.78, 5) is 0. The van der Waals surface area contributed by atoms with Crippen LogP contribution in [0, 0.1) is 46.3 Å². The van der Waals surface area contributed by atoms with Crippen molar-refractivity contribution in [1.29, 1.82) is 0 Å². The highest BCUT2D eigenvalue weighted by Gasteiger charge is 2.59. The summed E-state index contributed by atoms with van der Waals surface area (Å²) < 4.78 is 2.44. The molecule has 0 saturated heterocycles. The highest BCUT2D eigenvalue weighted by Crippen LogP contribution is 2.67. The Kier molecular flexibility index (Phi) is 9.16. The van der Waals surface area contributed by atoms with Gasteiger partial charge in [-0.05, 0) is 97.7 Å². The third-order valence-electron chi connectivity index (χ3n) is 13.5. The van der Waals surface area contributed by atoms with Gasteiger partial charge in [0, 0.05) is 23.8 Å². The lowest BCUT2D eigenvalue weighted by molar-refractivity contribution is -0.542. The third-order valence-corrected chi connectivity index (χ3v) is 15.0. The van der Waals surface area contributed by atoms with Gasteiger partial charge in [-0.15, -0.1) is 0 Å². The zero-order valence-electron chi connectivity index (χ0n) is 27.1. The van der Waals surface area contributed by atoms with Crippen molar-refractivity contribution >= 4 is 17.7 Å². The van der Waals surface area contributed by atoms with E-state index in [2.05, 4.69) is 67.7 Å². The molecule has 4 aliphatic carbocycles. The molecule has 4 nitrogen and oxygen atoms in total. The molecule has 0 aromatic rings. The molecule has 0 unspecified atom stereocenters. The minimum atomic E-state index is 0.212. The number of allylic oxidation sites excluding steroid dienone is 2. The molecule has 0 aromatic heterocycles. The van der Waals surface area contributed by atoms with Crippen LogP contribution in [-0.4, -0.2) is 58.4 Å². The minimum Gasteiger partial charge on any atom is -0.393 e. The Bertz CT molecular complexity index is 993. The molecule has 2 aliphatic heterocycles. The Morgan fingerprint density at radius 2 is 1.73 bits per heavy atom. The van der Waals surface area contributed by atoms with Gasteiger partial charge in [-0.2, -0.15) is 11.8 Å². The van der Waals surface area contributed by atoms with E-state index in [1.54, 1.807) is 0 Å². The van der Waals surface area contributed by atoms with E-state index in [4.69, 9.17) is 0 Å². The molecule has 6 rings (SSSR count). The summed E-state index contributed by atoms with van der Waals surface area (Å²) in [6, 6.07) is 0.762. The Morgan fingerprint density at radius 1 is 0.951 bits per heavy atom. The van der Waals surface area contributed by atoms with E-state index in [1.165, 1.54) is 88.8 Å². The monoisotopic (exact) mass is 584 g/mol. The van der Waals surface area contributed by atoms with Crippen molar-refractivity contribution < 1.29 is 9.68 Å². The maximum atomic E-state index is 9.61. The number of fused-ring (bicyclic) bond motifs is 5. The van der Waals surface area contributed by atoms with Gasteiger partial charge in [-0.25, -0.2) is 0 Å². The Hall–Kier alpha value is -0.680. The minimum absolute atomic E-state index is 0.212. The van der Waals surface area contributed by atoms with Crippen LogP contribution in [0.4, 0.5) is 0 Å². The normalized spacial score (nSPS) is 42.8. The smallest absolute Gasteiger partial charge is 0.346 e. The fourth-order valence-corrected chi connectivity index (χ4v) is 12.4. The Balaban J connectivity index is 1.04. The van der Waals surface area contributed by atoms with Crippen LogP contribution in [0.25, 0.3) is 0 Å². The van der Waals surface area contributed by atoms with Crippen molar-refractivity contribution in [3.8, 4) is 0 Å². The van der Waals surface area contributed by atoms with Gasteiger partial charge in [0.2, 0.25) is 0 Å². The lowest BCUT2D eigenvalue weighted by Gasteiger charge is -2.58. The Morgan fingerprint density at radius 3 is 2.51 bits per heavy atom. The summed E-state index contributed by atoms with van der Waals surface area (Å²) in [5.41, 5.74) is 2.91. The van der Waals surface area contributed by atoms with Gasteiger partial charge in [0.15, 0.2) is 0 Å². The summed E-state index contributed by atoms with van der Waals surface area (Å²) in [6.07, 6.45) is 20.9. The number of nitrogens with zero attached hydrogens (tertiary/aromatic N) is 1. The first-order valence-electron chi connectivity index (χ1n) is 17.8. The van der Waals surface area contributed by atoms with Gasteiger partial charge in [0.1, 0.15) is 6.04 Å². The van der Waals surface area contributed by atoms with Gasteiger partial charge < -0.3 is 5.11 Å². The molecule has 0 bridgehead atoms. The van der Waals surface area contributed by atoms with Crippen molar-refractivity contribution in [2.45, 2.75) is 135 Å². The number of thioether (sulfide) groups is 1. The molecule has 6 aliphatic rings. The topological polar surface area (TPSA) is 47.3 Å². The fourth-order valence-electron chi connectivity index (χ4n) is 11.0. The quantitative estimate of drug-likeness (QED) is 0.198. The van der Waals surface area contributed by atoms with E-state index in [9.17, 15) is 5.11 Å². The van der Waals surface area contributed by atoms with Crippen molar-refractivity contribution in [2.24, 2.45) is 46.3 Å². The molecule has 3 N–H and O–H groups in total. The molecule has 10 atom stereocenters. The molecule has 3 fully saturated rings. The molecule has 41 heavy (non-hydrogen) atoms. The van der Waals surface area contributed by atoms with Gasteiger partial charge >= 0.3 is 5.96 Å². The lowest BCUT2D eigenvalue weighted by atomic mass is 9.47. The van der Waals surface area contributed by atoms with E-state index in [-0.39, 0.29) is 12.6 Å². The average Bonchev–Trinajstić information content (AvgIpc) is 3.32. The number of nitrogens with one attached hydrogen (secondary N) is 2. The molecule has 0 spiro atoms. The van der Waals surface area contributed by atoms with Crippen LogP contribution < -0.4 is 10.6 Å². The molecule has 2 heterocycles. The maximum Gasteiger partial charge on any atom is 0.346 e. The van der Waals surface area contributed by atoms with Crippen molar-refractivity contribution in [2.75, 3.05) is 25.4 Å². The number of hydrogen-bond acceptors (Lipinski definition) is 4. The fraction of sp³-hybridized carbons (Fsp3) is 0.917. The SMILES string of the molecule is CC(C)CCC[C@@H](C)[C@H]1CC[C@H]2[C@@H]3CC=C4C[C@H](SC[C@@H]5CC[N+]6=C(N[C@H](CO)CC6)N5)CC[C@]4(C)[C@H]3CC[C@]12C. The van der Waals surface area contributed by atoms with Crippen molar-refractivity contribution in [1.82, 2.24) is 10.6 Å². The van der Waals surface area contributed by atoms with E-state index in [1.807, 2.05) is 5.57 Å². The largest absolute Gasteiger partial charge is 0.393 e. The average molecular weight is 585 g/mol. The van der Waals surface area contributed by atoms with E-state index < -0.39 is 0 Å². The molecule has 0 amide bonds. The summed E-state index contributed by atoms with van der Waals surface area (Å²) in [6.45, 7) is 15.3. The maximum absolute atomic E-state index is 9.61. The molecule has 3 saturated carbocycles. The van der Waals surface area contributed by atoms with Crippen LogP contribution in [0.5, 0.6) is 0 Å². The number of aliphatic hydroxyl groups is 1. The number of guanidine groups is 1. The summed E-state index contributed by atoms with van der Waals surface area (Å²) in [7, 11) is 0. The molecule has 0 aromatic carbocycles. The first kappa shape index (κ1) is 30.4. The summed E-state index contributed by atoms with van der Waals surface area (Å²) in [5, 5.41) is 17.7. The molecule has 5 heteroatoms. The number of aliphatic hydroxyl groups excluding tert-OH is 1. The molecule has 0 radical (unpaired) electrons. The van der Waals surface area contributed by atoms with Crippen molar-refractivity contribution in [3.63, 3.8) is 0 Å². The number of rotatable bonds is 9. The van der Waals surface area contributed by atoms with Crippen LogP contribution in [0.2, 0.25) is 0 Å². The van der Waals surface area contributed by atoms with Gasteiger partial charge in [0.05, 0.1) is 25.7 Å². The van der Waals surface area contributed by atoms with E-state index in [0.717, 1.165) is 60.3 Å². The van der Waals surface area contributed by atoms with Crippen LogP contribution in [0.1, 0.15) is 118 Å². The summed E-state index contributed by atoms with van der Waals surface area (Å²) in [5.74, 6) is 7.94. The second kappa shape index (κ2) is 12.4. The standard InChI is InChI=1S/C36H61N3OS/c1-24(2)7-6-8-25(3)31-11-12-32-30-10-9-26-21-29(13-17-35(26,4)33(30)14-18-36(31,32)5)41-23-28-16-20-39-19-15-27(22-40)37-34(39)38-28/h9,24-25,27-33,40H,6-8,10-23H2,1-5H3,(H,37,38)/p+1/t25-,27+,28+,29-,30+,31-,32+,33+,35+,36-/m1/s1. The Labute approximate surface area is 256 Å². The van der Waals surface area contributed by atoms with E-state index >= 15 is 0 Å². The zero-order valence-corrected chi connectivity index (χ0v) is 27.9. The second-order valence-corrected chi connectivity index (χ2v) is 17.6. The lowest BCUT2D eigenvalue weighted by Crippen LogP contribution is -2.60. The number of hydrogen-bond donors (Lipinski definition) is 3. The van der Waals surface area contributed by atoms with Gasteiger partial charge in [0.25, 0.3) is 0 Å². The predicted octanol–water partition coefficient (Wildman–Crippen LogP) is 7.21. The second-order valence-electron chi connectivity index (χ2n) is 16.3. The predicted molar refractivity (Wildman–Crippen MR) is 174 cm³/mol. The van der Waals surface area contributed by atoms with Crippen LogP contribution in [0.3, 0.4) is 0 Å². The van der Waals surface area contributed by atoms with Crippen LogP contribution in [0.15, 0.2) is 11.6 Å². The molecular formula is C36H62N3OS+. The van der Waals surface area contributed by atoms with Crippen LogP contribution >= 0.6 is 11.8 Å². The van der Waals surface area contributed by atoms with Gasteiger partial charge in [-0.3, -0.25) is 15.2 Å². The third kappa shape index (κ3) is 5.90. The zero-order chi connectivity index (χ0) is 28.8. The summed E-state index contributed by atoms with van der Waals surface area (Å²) >= 11 is 2.25. The molecule has 232 valence electrons. The van der Waals surface area contributed by atoms with Crippen LogP contribution in [-0.2, 0) is 0 Å². The highest BCUT2D eigenvalue weighted by molar-refractivity contribution is 7.99. The highest BCUT2D eigenvalue weighted by atomic mass is 32.2.